The third-order valence-electron chi connectivity index (χ3n) is 4.98. The van der Waals surface area contributed by atoms with Crippen LogP contribution in [0.1, 0.15) is 129 Å². The summed E-state index contributed by atoms with van der Waals surface area (Å²) in [6.07, 6.45) is 27.1. The van der Waals surface area contributed by atoms with Crippen molar-refractivity contribution < 1.29 is 5.11 Å². The van der Waals surface area contributed by atoms with Gasteiger partial charge in [0.15, 0.2) is 0 Å². The van der Waals surface area contributed by atoms with Crippen LogP contribution in [0.2, 0.25) is 0 Å². The Morgan fingerprint density at radius 3 is 1.17 bits per heavy atom. The fraction of sp³-hybridized carbons (Fsp3) is 0.909. The summed E-state index contributed by atoms with van der Waals surface area (Å²) in [6.45, 7) is 2.29. The van der Waals surface area contributed by atoms with Crippen molar-refractivity contribution in [3.8, 4) is 0 Å². The van der Waals surface area contributed by atoms with E-state index >= 15 is 0 Å². The molecule has 0 radical (unpaired) electrons. The quantitative estimate of drug-likeness (QED) is 0.186. The minimum Gasteiger partial charge on any atom is -0.511 e. The number of allylic oxidation sites excluding steroid dienone is 1. The Labute approximate surface area is 152 Å². The van der Waals surface area contributed by atoms with Crippen LogP contribution in [0, 0.1) is 0 Å². The van der Waals surface area contributed by atoms with Crippen molar-refractivity contribution >= 4 is 0 Å². The van der Waals surface area contributed by atoms with Crippen LogP contribution < -0.4 is 5.73 Å². The molecule has 0 spiro atoms. The van der Waals surface area contributed by atoms with Gasteiger partial charge in [0.1, 0.15) is 5.76 Å². The molecule has 0 aliphatic rings. The largest absolute Gasteiger partial charge is 0.511 e. The highest BCUT2D eigenvalue weighted by molar-refractivity contribution is 4.85. The van der Waals surface area contributed by atoms with Gasteiger partial charge in [0, 0.05) is 12.6 Å². The third-order valence-corrected chi connectivity index (χ3v) is 4.98. The molecule has 0 aromatic heterocycles. The fourth-order valence-electron chi connectivity index (χ4n) is 3.29. The van der Waals surface area contributed by atoms with Gasteiger partial charge in [-0.25, -0.2) is 0 Å². The molecule has 0 heterocycles. The Kier molecular flexibility index (Phi) is 19.8. The monoisotopic (exact) mass is 339 g/mol. The Morgan fingerprint density at radius 1 is 0.583 bits per heavy atom. The molecule has 24 heavy (non-hydrogen) atoms. The Hall–Kier alpha value is -0.660. The van der Waals surface area contributed by atoms with Crippen molar-refractivity contribution in [2.24, 2.45) is 5.73 Å². The van der Waals surface area contributed by atoms with Crippen LogP contribution in [-0.2, 0) is 0 Å². The Bertz CT molecular complexity index is 263. The molecule has 0 aromatic rings. The molecule has 0 saturated heterocycles. The predicted molar refractivity (Wildman–Crippen MR) is 108 cm³/mol. The van der Waals surface area contributed by atoms with E-state index in [9.17, 15) is 5.11 Å². The average molecular weight is 340 g/mol. The molecule has 2 heteroatoms. The number of hydrogen-bond acceptors (Lipinski definition) is 2. The highest BCUT2D eigenvalue weighted by Gasteiger charge is 1.96. The third kappa shape index (κ3) is 19.4. The lowest BCUT2D eigenvalue weighted by Gasteiger charge is -2.04. The smallest absolute Gasteiger partial charge is 0.108 e. The van der Waals surface area contributed by atoms with Gasteiger partial charge in [-0.3, -0.25) is 0 Å². The maximum Gasteiger partial charge on any atom is 0.108 e. The van der Waals surface area contributed by atoms with Crippen LogP contribution in [0.15, 0.2) is 12.0 Å². The second-order valence-electron chi connectivity index (χ2n) is 7.42. The molecule has 144 valence electrons. The van der Waals surface area contributed by atoms with Crippen LogP contribution in [0.3, 0.4) is 0 Å². The molecule has 0 aliphatic carbocycles. The zero-order valence-electron chi connectivity index (χ0n) is 16.5. The van der Waals surface area contributed by atoms with Crippen molar-refractivity contribution in [2.75, 3.05) is 0 Å². The molecule has 0 unspecified atom stereocenters. The first-order chi connectivity index (χ1) is 11.8. The van der Waals surface area contributed by atoms with Crippen LogP contribution in [0.25, 0.3) is 0 Å². The van der Waals surface area contributed by atoms with E-state index in [0.717, 1.165) is 12.8 Å². The zero-order valence-corrected chi connectivity index (χ0v) is 16.5. The first-order valence-corrected chi connectivity index (χ1v) is 10.9. The van der Waals surface area contributed by atoms with Crippen molar-refractivity contribution in [3.63, 3.8) is 0 Å². The number of rotatable bonds is 19. The van der Waals surface area contributed by atoms with Crippen molar-refractivity contribution in [3.05, 3.63) is 12.0 Å². The van der Waals surface area contributed by atoms with Crippen molar-refractivity contribution in [1.29, 1.82) is 0 Å². The second-order valence-corrected chi connectivity index (χ2v) is 7.42. The topological polar surface area (TPSA) is 46.2 Å². The maximum absolute atomic E-state index is 9.23. The van der Waals surface area contributed by atoms with Gasteiger partial charge < -0.3 is 10.8 Å². The summed E-state index contributed by atoms with van der Waals surface area (Å²) in [7, 11) is 0. The standard InChI is InChI=1S/C22H45NO/c1-2-3-4-5-6-7-8-9-10-11-12-13-14-15-16-17-18-19-20-22(24)21-23/h21,24H,2-20,23H2,1H3/b22-21-. The van der Waals surface area contributed by atoms with Gasteiger partial charge in [-0.2, -0.15) is 0 Å². The minimum atomic E-state index is 0.339. The molecule has 0 bridgehead atoms. The molecule has 0 fully saturated rings. The first-order valence-electron chi connectivity index (χ1n) is 10.9. The number of nitrogens with two attached hydrogens (primary N) is 1. The summed E-state index contributed by atoms with van der Waals surface area (Å²) in [6, 6.07) is 0. The highest BCUT2D eigenvalue weighted by atomic mass is 16.3. The Balaban J connectivity index is 3.00. The van der Waals surface area contributed by atoms with E-state index in [0.29, 0.717) is 5.76 Å². The van der Waals surface area contributed by atoms with Gasteiger partial charge in [-0.15, -0.1) is 0 Å². The molecule has 0 aliphatic heterocycles. The lowest BCUT2D eigenvalue weighted by molar-refractivity contribution is 0.378. The molecule has 0 rings (SSSR count). The molecule has 0 aromatic carbocycles. The van der Waals surface area contributed by atoms with E-state index in [1.165, 1.54) is 115 Å². The first kappa shape index (κ1) is 23.3. The highest BCUT2D eigenvalue weighted by Crippen LogP contribution is 2.14. The van der Waals surface area contributed by atoms with Gasteiger partial charge >= 0.3 is 0 Å². The van der Waals surface area contributed by atoms with Gasteiger partial charge in [-0.1, -0.05) is 116 Å². The van der Waals surface area contributed by atoms with Crippen molar-refractivity contribution in [1.82, 2.24) is 0 Å². The van der Waals surface area contributed by atoms with Crippen LogP contribution in [-0.4, -0.2) is 5.11 Å². The SMILES string of the molecule is CCCCCCCCCCCCCCCCCCCC/C(O)=C/N. The van der Waals surface area contributed by atoms with Gasteiger partial charge in [-0.05, 0) is 6.42 Å². The molecular formula is C22H45NO. The number of aliphatic hydroxyl groups is 1. The lowest BCUT2D eigenvalue weighted by Crippen LogP contribution is -1.88. The second kappa shape index (κ2) is 20.4. The van der Waals surface area contributed by atoms with E-state index in [4.69, 9.17) is 5.73 Å². The van der Waals surface area contributed by atoms with Crippen LogP contribution in [0.4, 0.5) is 0 Å². The van der Waals surface area contributed by atoms with Gasteiger partial charge in [0.25, 0.3) is 0 Å². The summed E-state index contributed by atoms with van der Waals surface area (Å²) in [5, 5.41) is 9.23. The molecule has 2 nitrogen and oxygen atoms in total. The Morgan fingerprint density at radius 2 is 0.875 bits per heavy atom. The van der Waals surface area contributed by atoms with E-state index in [-0.39, 0.29) is 0 Å². The lowest BCUT2D eigenvalue weighted by atomic mass is 10.0. The number of hydrogen-bond donors (Lipinski definition) is 2. The predicted octanol–water partition coefficient (Wildman–Crippen LogP) is 7.78. The maximum atomic E-state index is 9.23. The number of unbranched alkanes of at least 4 members (excludes halogenated alkanes) is 17. The normalized spacial score (nSPS) is 12.0. The average Bonchev–Trinajstić information content (AvgIpc) is 2.60. The molecule has 0 saturated carbocycles. The molecule has 0 amide bonds. The summed E-state index contributed by atoms with van der Waals surface area (Å²) >= 11 is 0. The molecule has 0 atom stereocenters. The van der Waals surface area contributed by atoms with Gasteiger partial charge in [0.2, 0.25) is 0 Å². The van der Waals surface area contributed by atoms with E-state index < -0.39 is 0 Å². The summed E-state index contributed by atoms with van der Waals surface area (Å²) in [5.41, 5.74) is 5.24. The summed E-state index contributed by atoms with van der Waals surface area (Å²) in [5.74, 6) is 0.339. The van der Waals surface area contributed by atoms with E-state index in [1.54, 1.807) is 0 Å². The number of aliphatic hydroxyl groups excluding tert-OH is 1. The summed E-state index contributed by atoms with van der Waals surface area (Å²) < 4.78 is 0. The zero-order chi connectivity index (χ0) is 17.7. The van der Waals surface area contributed by atoms with Gasteiger partial charge in [0.05, 0.1) is 0 Å². The minimum absolute atomic E-state index is 0.339. The van der Waals surface area contributed by atoms with E-state index in [1.807, 2.05) is 0 Å². The molecular weight excluding hydrogens is 294 g/mol. The fourth-order valence-corrected chi connectivity index (χ4v) is 3.29. The molecule has 3 N–H and O–H groups in total. The van der Waals surface area contributed by atoms with Crippen molar-refractivity contribution in [2.45, 2.75) is 129 Å². The van der Waals surface area contributed by atoms with E-state index in [2.05, 4.69) is 6.92 Å². The summed E-state index contributed by atoms with van der Waals surface area (Å²) in [4.78, 5) is 0. The van der Waals surface area contributed by atoms with Crippen LogP contribution >= 0.6 is 0 Å². The van der Waals surface area contributed by atoms with Crippen LogP contribution in [0.5, 0.6) is 0 Å².